The van der Waals surface area contributed by atoms with E-state index in [0.717, 1.165) is 5.56 Å². The summed E-state index contributed by atoms with van der Waals surface area (Å²) < 4.78 is 16.0. The van der Waals surface area contributed by atoms with E-state index in [-0.39, 0.29) is 24.7 Å². The van der Waals surface area contributed by atoms with E-state index in [1.165, 1.54) is 19.3 Å². The number of rotatable bonds is 14. The van der Waals surface area contributed by atoms with Crippen LogP contribution < -0.4 is 20.7 Å². The molecule has 1 aromatic carbocycles. The van der Waals surface area contributed by atoms with Crippen molar-refractivity contribution in [2.45, 2.75) is 69.7 Å². The maximum absolute atomic E-state index is 13.8. The van der Waals surface area contributed by atoms with E-state index in [2.05, 4.69) is 16.0 Å². The number of nitrogens with one attached hydrogen (secondary N) is 3. The smallest absolute Gasteiger partial charge is 0.243 e. The number of hydrogen-bond acceptors (Lipinski definition) is 8. The summed E-state index contributed by atoms with van der Waals surface area (Å²) in [4.78, 5) is 55.0. The molecule has 4 fully saturated rings. The van der Waals surface area contributed by atoms with Crippen LogP contribution in [-0.4, -0.2) is 98.7 Å². The molecule has 2 aliphatic carbocycles. The van der Waals surface area contributed by atoms with Gasteiger partial charge in [0.05, 0.1) is 39.5 Å². The summed E-state index contributed by atoms with van der Waals surface area (Å²) in [6.07, 6.45) is 4.40. The SMILES string of the molecule is COc1ccc(C[C@H](NC(=O)[C@H](C)NC(=O)CN2CCOCC2)C(=O)N[C@@H](CC2[C@H]3CCC[C@@H]23)C(=O)[C@]2(C)CO2)cc1. The van der Waals surface area contributed by atoms with Gasteiger partial charge in [0, 0.05) is 19.5 Å². The van der Waals surface area contributed by atoms with Crippen molar-refractivity contribution in [1.29, 1.82) is 0 Å². The molecule has 1 aromatic rings. The third kappa shape index (κ3) is 7.48. The number of ketones is 1. The Bertz CT molecular complexity index is 1140. The standard InChI is InChI=1S/C31H44N4O7/c1-19(32-27(36)17-35-11-13-41-14-12-35)29(38)34-26(15-20-7-9-21(40-3)10-8-20)30(39)33-25(28(37)31(2)18-42-31)16-24-22-5-4-6-23(22)24/h7-10,19,22-26H,4-6,11-18H2,1-3H3,(H,32,36)(H,33,39)(H,34,38)/t19-,22-,23+,24?,25-,26-,31-/m0/s1. The van der Waals surface area contributed by atoms with Crippen LogP contribution in [0, 0.1) is 17.8 Å². The summed E-state index contributed by atoms with van der Waals surface area (Å²) in [6.45, 7) is 6.34. The van der Waals surface area contributed by atoms with Gasteiger partial charge in [-0.3, -0.25) is 24.1 Å². The van der Waals surface area contributed by atoms with Gasteiger partial charge in [-0.1, -0.05) is 18.6 Å². The predicted molar refractivity (Wildman–Crippen MR) is 154 cm³/mol. The third-order valence-electron chi connectivity index (χ3n) is 9.30. The summed E-state index contributed by atoms with van der Waals surface area (Å²) in [7, 11) is 1.58. The zero-order chi connectivity index (χ0) is 29.9. The minimum absolute atomic E-state index is 0.112. The summed E-state index contributed by atoms with van der Waals surface area (Å²) in [5.41, 5.74) is -0.0481. The van der Waals surface area contributed by atoms with E-state index in [1.54, 1.807) is 33.1 Å². The average Bonchev–Trinajstić information content (AvgIpc) is 3.83. The van der Waals surface area contributed by atoms with Gasteiger partial charge < -0.3 is 30.2 Å². The Morgan fingerprint density at radius 1 is 1.00 bits per heavy atom. The number of methoxy groups -OCH3 is 1. The van der Waals surface area contributed by atoms with Crippen molar-refractivity contribution < 1.29 is 33.4 Å². The van der Waals surface area contributed by atoms with Gasteiger partial charge in [-0.2, -0.15) is 0 Å². The fourth-order valence-electron chi connectivity index (χ4n) is 6.53. The monoisotopic (exact) mass is 584 g/mol. The van der Waals surface area contributed by atoms with Gasteiger partial charge in [-0.05, 0) is 68.6 Å². The molecule has 5 rings (SSSR count). The number of fused-ring (bicyclic) bond motifs is 1. The molecule has 3 amide bonds. The molecule has 0 bridgehead atoms. The Morgan fingerprint density at radius 2 is 1.64 bits per heavy atom. The van der Waals surface area contributed by atoms with Gasteiger partial charge in [0.1, 0.15) is 23.4 Å². The number of ether oxygens (including phenoxy) is 3. The van der Waals surface area contributed by atoms with Gasteiger partial charge in [-0.15, -0.1) is 0 Å². The van der Waals surface area contributed by atoms with Crippen LogP contribution in [0.1, 0.15) is 45.1 Å². The molecular weight excluding hydrogens is 540 g/mol. The maximum Gasteiger partial charge on any atom is 0.243 e. The van der Waals surface area contributed by atoms with Gasteiger partial charge >= 0.3 is 0 Å². The van der Waals surface area contributed by atoms with E-state index in [9.17, 15) is 19.2 Å². The average molecular weight is 585 g/mol. The Labute approximate surface area is 247 Å². The molecule has 0 aromatic heterocycles. The lowest BCUT2D eigenvalue weighted by Crippen LogP contribution is -2.57. The van der Waals surface area contributed by atoms with Crippen molar-refractivity contribution in [2.75, 3.05) is 46.6 Å². The number of morpholine rings is 1. The van der Waals surface area contributed by atoms with Crippen LogP contribution in [0.15, 0.2) is 24.3 Å². The van der Waals surface area contributed by atoms with Crippen LogP contribution in [-0.2, 0) is 35.1 Å². The van der Waals surface area contributed by atoms with Crippen LogP contribution in [0.25, 0.3) is 0 Å². The molecule has 2 heterocycles. The lowest BCUT2D eigenvalue weighted by molar-refractivity contribution is -0.134. The maximum atomic E-state index is 13.8. The first kappa shape index (κ1) is 30.4. The molecule has 2 aliphatic heterocycles. The molecule has 11 nitrogen and oxygen atoms in total. The number of benzene rings is 1. The topological polar surface area (TPSA) is 139 Å². The molecule has 1 unspecified atom stereocenters. The summed E-state index contributed by atoms with van der Waals surface area (Å²) in [6, 6.07) is 4.78. The molecule has 2 saturated carbocycles. The van der Waals surface area contributed by atoms with E-state index in [1.807, 2.05) is 17.0 Å². The number of carbonyl (C=O) groups is 4. The van der Waals surface area contributed by atoms with Crippen LogP contribution >= 0.6 is 0 Å². The number of carbonyl (C=O) groups excluding carboxylic acids is 4. The highest BCUT2D eigenvalue weighted by molar-refractivity contribution is 5.98. The van der Waals surface area contributed by atoms with Gasteiger partial charge in [0.15, 0.2) is 5.78 Å². The largest absolute Gasteiger partial charge is 0.497 e. The Morgan fingerprint density at radius 3 is 2.26 bits per heavy atom. The summed E-state index contributed by atoms with van der Waals surface area (Å²) >= 11 is 0. The highest BCUT2D eigenvalue weighted by atomic mass is 16.6. The van der Waals surface area contributed by atoms with Gasteiger partial charge in [0.25, 0.3) is 0 Å². The summed E-state index contributed by atoms with van der Waals surface area (Å²) in [5.74, 6) is 1.11. The Hall–Kier alpha value is -3.02. The third-order valence-corrected chi connectivity index (χ3v) is 9.30. The van der Waals surface area contributed by atoms with Gasteiger partial charge in [-0.25, -0.2) is 0 Å². The highest BCUT2D eigenvalue weighted by Crippen LogP contribution is 2.59. The van der Waals surface area contributed by atoms with Crippen LogP contribution in [0.4, 0.5) is 0 Å². The van der Waals surface area contributed by atoms with Crippen LogP contribution in [0.2, 0.25) is 0 Å². The minimum Gasteiger partial charge on any atom is -0.497 e. The van der Waals surface area contributed by atoms with E-state index >= 15 is 0 Å². The number of amides is 3. The van der Waals surface area contributed by atoms with Crippen molar-refractivity contribution in [3.05, 3.63) is 29.8 Å². The van der Waals surface area contributed by atoms with Crippen molar-refractivity contribution in [3.8, 4) is 5.75 Å². The molecule has 0 radical (unpaired) electrons. The van der Waals surface area contributed by atoms with Crippen LogP contribution in [0.5, 0.6) is 5.75 Å². The zero-order valence-corrected chi connectivity index (χ0v) is 24.9. The quantitative estimate of drug-likeness (QED) is 0.274. The van der Waals surface area contributed by atoms with Crippen molar-refractivity contribution in [1.82, 2.24) is 20.9 Å². The first-order valence-electron chi connectivity index (χ1n) is 15.2. The normalized spacial score (nSPS) is 28.5. The second-order valence-corrected chi connectivity index (χ2v) is 12.4. The minimum atomic E-state index is -0.952. The fourth-order valence-corrected chi connectivity index (χ4v) is 6.53. The molecule has 0 spiro atoms. The van der Waals surface area contributed by atoms with Crippen LogP contribution in [0.3, 0.4) is 0 Å². The Balaban J connectivity index is 1.25. The number of epoxide rings is 1. The summed E-state index contributed by atoms with van der Waals surface area (Å²) in [5, 5.41) is 8.57. The number of Topliss-reactive ketones (excluding diaryl/α,β-unsaturated/α-hetero) is 1. The first-order chi connectivity index (χ1) is 20.2. The molecule has 4 aliphatic rings. The molecule has 11 heteroatoms. The molecule has 2 saturated heterocycles. The van der Waals surface area contributed by atoms with Crippen molar-refractivity contribution >= 4 is 23.5 Å². The lowest BCUT2D eigenvalue weighted by Gasteiger charge is -2.27. The van der Waals surface area contributed by atoms with Crippen molar-refractivity contribution in [3.63, 3.8) is 0 Å². The lowest BCUT2D eigenvalue weighted by atomic mass is 9.93. The zero-order valence-electron chi connectivity index (χ0n) is 24.9. The number of nitrogens with zero attached hydrogens (tertiary/aromatic N) is 1. The fraction of sp³-hybridized carbons (Fsp3) is 0.677. The van der Waals surface area contributed by atoms with Gasteiger partial charge in [0.2, 0.25) is 17.7 Å². The van der Waals surface area contributed by atoms with E-state index < -0.39 is 35.5 Å². The second-order valence-electron chi connectivity index (χ2n) is 12.4. The molecule has 3 N–H and O–H groups in total. The van der Waals surface area contributed by atoms with Crippen molar-refractivity contribution in [2.24, 2.45) is 17.8 Å². The highest BCUT2D eigenvalue weighted by Gasteiger charge is 2.56. The molecule has 230 valence electrons. The predicted octanol–water partition coefficient (Wildman–Crippen LogP) is 0.838. The molecule has 42 heavy (non-hydrogen) atoms. The molecular formula is C31H44N4O7. The van der Waals surface area contributed by atoms with E-state index in [4.69, 9.17) is 14.2 Å². The number of hydrogen-bond donors (Lipinski definition) is 3. The van der Waals surface area contributed by atoms with E-state index in [0.29, 0.717) is 62.8 Å². The second kappa shape index (κ2) is 13.1. The molecule has 7 atom stereocenters. The Kier molecular flexibility index (Phi) is 9.49. The first-order valence-corrected chi connectivity index (χ1v) is 15.2.